The second-order valence-corrected chi connectivity index (χ2v) is 4.78. The number of carboxylic acid groups (broad SMARTS) is 1. The van der Waals surface area contributed by atoms with Gasteiger partial charge in [-0.2, -0.15) is 0 Å². The van der Waals surface area contributed by atoms with E-state index in [0.717, 1.165) is 10.0 Å². The fraction of sp³-hybridized carbons (Fsp3) is 0.0909. The Hall–Kier alpha value is -1.33. The molecule has 2 aromatic rings. The molecule has 1 aromatic carbocycles. The monoisotopic (exact) mass is 314 g/mol. The van der Waals surface area contributed by atoms with Crippen LogP contribution in [-0.2, 0) is 11.3 Å². The van der Waals surface area contributed by atoms with Crippen LogP contribution >= 0.6 is 27.5 Å². The lowest BCUT2D eigenvalue weighted by Crippen LogP contribution is -2.09. The van der Waals surface area contributed by atoms with Gasteiger partial charge in [-0.15, -0.1) is 0 Å². The first-order valence-electron chi connectivity index (χ1n) is 4.75. The summed E-state index contributed by atoms with van der Waals surface area (Å²) in [5.41, 5.74) is 0.774. The molecule has 1 heterocycles. The van der Waals surface area contributed by atoms with Crippen molar-refractivity contribution in [1.29, 1.82) is 0 Å². The summed E-state index contributed by atoms with van der Waals surface area (Å²) in [6.45, 7) is -0.126. The van der Waals surface area contributed by atoms with E-state index in [2.05, 4.69) is 20.9 Å². The van der Waals surface area contributed by atoms with Crippen molar-refractivity contribution in [3.05, 3.63) is 40.1 Å². The molecule has 0 bridgehead atoms. The Balaban J connectivity index is 2.45. The average molecular weight is 316 g/mol. The average Bonchev–Trinajstić information content (AvgIpc) is 2.63. The SMILES string of the molecule is O=C(O)Cn1ccnc1-c1cc(Cl)cc(Br)c1. The predicted molar refractivity (Wildman–Crippen MR) is 68.0 cm³/mol. The fourth-order valence-electron chi connectivity index (χ4n) is 1.53. The van der Waals surface area contributed by atoms with Gasteiger partial charge in [0.1, 0.15) is 12.4 Å². The third-order valence-corrected chi connectivity index (χ3v) is 2.82. The minimum absolute atomic E-state index is 0.126. The van der Waals surface area contributed by atoms with Crippen LogP contribution in [0.2, 0.25) is 5.02 Å². The van der Waals surface area contributed by atoms with Crippen LogP contribution in [0.3, 0.4) is 0 Å². The van der Waals surface area contributed by atoms with Gasteiger partial charge in [0.2, 0.25) is 0 Å². The first-order valence-corrected chi connectivity index (χ1v) is 5.93. The topological polar surface area (TPSA) is 55.1 Å². The molecule has 88 valence electrons. The molecule has 0 fully saturated rings. The highest BCUT2D eigenvalue weighted by molar-refractivity contribution is 9.10. The molecule has 6 heteroatoms. The molecule has 17 heavy (non-hydrogen) atoms. The van der Waals surface area contributed by atoms with Crippen molar-refractivity contribution in [2.45, 2.75) is 6.54 Å². The molecule has 0 radical (unpaired) electrons. The first kappa shape index (κ1) is 12.1. The van der Waals surface area contributed by atoms with Gasteiger partial charge < -0.3 is 9.67 Å². The molecule has 0 amide bonds. The maximum absolute atomic E-state index is 10.7. The summed E-state index contributed by atoms with van der Waals surface area (Å²) in [5, 5.41) is 9.35. The Morgan fingerprint density at radius 2 is 2.24 bits per heavy atom. The number of aromatic nitrogens is 2. The van der Waals surface area contributed by atoms with Crippen molar-refractivity contribution < 1.29 is 9.90 Å². The van der Waals surface area contributed by atoms with Crippen LogP contribution in [-0.4, -0.2) is 20.6 Å². The van der Waals surface area contributed by atoms with Gasteiger partial charge in [0, 0.05) is 27.5 Å². The zero-order valence-electron chi connectivity index (χ0n) is 8.60. The van der Waals surface area contributed by atoms with Gasteiger partial charge >= 0.3 is 5.97 Å². The van der Waals surface area contributed by atoms with E-state index in [4.69, 9.17) is 16.7 Å². The van der Waals surface area contributed by atoms with Crippen molar-refractivity contribution in [2.24, 2.45) is 0 Å². The molecule has 1 N–H and O–H groups in total. The summed E-state index contributed by atoms with van der Waals surface area (Å²) in [4.78, 5) is 14.8. The van der Waals surface area contributed by atoms with E-state index in [0.29, 0.717) is 10.8 Å². The van der Waals surface area contributed by atoms with Gasteiger partial charge in [0.15, 0.2) is 0 Å². The smallest absolute Gasteiger partial charge is 0.323 e. The summed E-state index contributed by atoms with van der Waals surface area (Å²) in [5.74, 6) is -0.332. The molecular formula is C11H8BrClN2O2. The summed E-state index contributed by atoms with van der Waals surface area (Å²) < 4.78 is 2.38. The van der Waals surface area contributed by atoms with Crippen molar-refractivity contribution >= 4 is 33.5 Å². The highest BCUT2D eigenvalue weighted by Crippen LogP contribution is 2.26. The van der Waals surface area contributed by atoms with E-state index in [1.807, 2.05) is 6.07 Å². The Bertz CT molecular complexity index is 548. The van der Waals surface area contributed by atoms with Gasteiger partial charge in [-0.3, -0.25) is 4.79 Å². The standard InChI is InChI=1S/C11H8BrClN2O2/c12-8-3-7(4-9(13)5-8)11-14-1-2-15(11)6-10(16)17/h1-5H,6H2,(H,16,17). The van der Waals surface area contributed by atoms with Crippen molar-refractivity contribution in [1.82, 2.24) is 9.55 Å². The van der Waals surface area contributed by atoms with E-state index in [1.165, 1.54) is 0 Å². The molecule has 4 nitrogen and oxygen atoms in total. The molecule has 0 aliphatic rings. The third kappa shape index (κ3) is 2.87. The molecule has 0 saturated heterocycles. The van der Waals surface area contributed by atoms with Gasteiger partial charge in [0.05, 0.1) is 0 Å². The number of hydrogen-bond acceptors (Lipinski definition) is 2. The Morgan fingerprint density at radius 3 is 2.88 bits per heavy atom. The number of imidazole rings is 1. The molecule has 0 unspecified atom stereocenters. The highest BCUT2D eigenvalue weighted by atomic mass is 79.9. The van der Waals surface area contributed by atoms with Gasteiger partial charge in [-0.05, 0) is 18.2 Å². The number of benzene rings is 1. The summed E-state index contributed by atoms with van der Waals surface area (Å²) in [6.07, 6.45) is 3.19. The van der Waals surface area contributed by atoms with E-state index in [9.17, 15) is 4.79 Å². The lowest BCUT2D eigenvalue weighted by Gasteiger charge is -2.06. The largest absolute Gasteiger partial charge is 0.480 e. The van der Waals surface area contributed by atoms with Crippen LogP contribution in [0.1, 0.15) is 0 Å². The zero-order chi connectivity index (χ0) is 12.4. The number of halogens is 2. The second-order valence-electron chi connectivity index (χ2n) is 3.43. The number of nitrogens with zero attached hydrogens (tertiary/aromatic N) is 2. The Labute approximate surface area is 111 Å². The third-order valence-electron chi connectivity index (χ3n) is 2.14. The van der Waals surface area contributed by atoms with Crippen molar-refractivity contribution in [3.63, 3.8) is 0 Å². The van der Waals surface area contributed by atoms with Crippen molar-refractivity contribution in [2.75, 3.05) is 0 Å². The number of carbonyl (C=O) groups is 1. The Kier molecular flexibility index (Phi) is 3.49. The van der Waals surface area contributed by atoms with Crippen LogP contribution in [0.25, 0.3) is 11.4 Å². The highest BCUT2D eigenvalue weighted by Gasteiger charge is 2.09. The normalized spacial score (nSPS) is 10.5. The molecule has 0 aliphatic carbocycles. The molecule has 0 spiro atoms. The number of carboxylic acids is 1. The lowest BCUT2D eigenvalue weighted by molar-refractivity contribution is -0.137. The second kappa shape index (κ2) is 4.89. The Morgan fingerprint density at radius 1 is 1.47 bits per heavy atom. The molecule has 2 rings (SSSR count). The van der Waals surface area contributed by atoms with Crippen LogP contribution in [0.4, 0.5) is 0 Å². The molecule has 0 aliphatic heterocycles. The molecular weight excluding hydrogens is 307 g/mol. The van der Waals surface area contributed by atoms with Crippen LogP contribution in [0.15, 0.2) is 35.1 Å². The van der Waals surface area contributed by atoms with Crippen LogP contribution in [0.5, 0.6) is 0 Å². The lowest BCUT2D eigenvalue weighted by atomic mass is 10.2. The summed E-state index contributed by atoms with van der Waals surface area (Å²) >= 11 is 9.28. The minimum atomic E-state index is -0.912. The van der Waals surface area contributed by atoms with Gasteiger partial charge in [0.25, 0.3) is 0 Å². The minimum Gasteiger partial charge on any atom is -0.480 e. The quantitative estimate of drug-likeness (QED) is 0.947. The van der Waals surface area contributed by atoms with Crippen LogP contribution in [0, 0.1) is 0 Å². The van der Waals surface area contributed by atoms with E-state index < -0.39 is 5.97 Å². The van der Waals surface area contributed by atoms with E-state index >= 15 is 0 Å². The number of aliphatic carboxylic acids is 1. The fourth-order valence-corrected chi connectivity index (χ4v) is 2.39. The molecule has 0 atom stereocenters. The predicted octanol–water partition coefficient (Wildman–Crippen LogP) is 3.05. The van der Waals surface area contributed by atoms with Crippen LogP contribution < -0.4 is 0 Å². The van der Waals surface area contributed by atoms with Crippen molar-refractivity contribution in [3.8, 4) is 11.4 Å². The van der Waals surface area contributed by atoms with Gasteiger partial charge in [-0.1, -0.05) is 27.5 Å². The summed E-state index contributed by atoms with van der Waals surface area (Å²) in [7, 11) is 0. The summed E-state index contributed by atoms with van der Waals surface area (Å²) in [6, 6.07) is 5.34. The van der Waals surface area contributed by atoms with E-state index in [-0.39, 0.29) is 6.54 Å². The maximum atomic E-state index is 10.7. The number of hydrogen-bond donors (Lipinski definition) is 1. The first-order chi connectivity index (χ1) is 8.06. The number of rotatable bonds is 3. The molecule has 0 saturated carbocycles. The zero-order valence-corrected chi connectivity index (χ0v) is 10.9. The molecule has 1 aromatic heterocycles. The van der Waals surface area contributed by atoms with Gasteiger partial charge in [-0.25, -0.2) is 4.98 Å². The van der Waals surface area contributed by atoms with E-state index in [1.54, 1.807) is 29.1 Å². The maximum Gasteiger partial charge on any atom is 0.323 e.